The molecule has 0 saturated heterocycles. The smallest absolute Gasteiger partial charge is 0.251 e. The highest BCUT2D eigenvalue weighted by Crippen LogP contribution is 2.32. The van der Waals surface area contributed by atoms with Gasteiger partial charge < -0.3 is 29.6 Å². The quantitative estimate of drug-likeness (QED) is 0.679. The highest BCUT2D eigenvalue weighted by Gasteiger charge is 2.16. The zero-order valence-electron chi connectivity index (χ0n) is 14.8. The van der Waals surface area contributed by atoms with Crippen LogP contribution in [-0.2, 0) is 4.79 Å². The van der Waals surface area contributed by atoms with E-state index in [0.717, 1.165) is 5.75 Å². The van der Waals surface area contributed by atoms with Crippen LogP contribution in [0.15, 0.2) is 42.5 Å². The molecule has 8 heteroatoms. The first-order valence-electron chi connectivity index (χ1n) is 8.37. The van der Waals surface area contributed by atoms with Crippen molar-refractivity contribution in [2.24, 2.45) is 0 Å². The first-order chi connectivity index (χ1) is 13.2. The lowest BCUT2D eigenvalue weighted by Gasteiger charge is -2.09. The molecule has 1 aliphatic rings. The fraction of sp³-hybridized carbons (Fsp3) is 0.263. The molecular weight excluding hydrogens is 352 g/mol. The van der Waals surface area contributed by atoms with E-state index in [1.807, 2.05) is 0 Å². The van der Waals surface area contributed by atoms with E-state index >= 15 is 0 Å². The van der Waals surface area contributed by atoms with Gasteiger partial charge in [0.15, 0.2) is 11.5 Å². The van der Waals surface area contributed by atoms with Gasteiger partial charge in [0, 0.05) is 5.56 Å². The Kier molecular flexibility index (Phi) is 5.98. The van der Waals surface area contributed by atoms with Gasteiger partial charge in [-0.3, -0.25) is 9.59 Å². The van der Waals surface area contributed by atoms with Crippen LogP contribution in [0.3, 0.4) is 0 Å². The van der Waals surface area contributed by atoms with Crippen LogP contribution >= 0.6 is 0 Å². The number of ether oxygens (including phenoxy) is 4. The van der Waals surface area contributed by atoms with Crippen LogP contribution in [-0.4, -0.2) is 45.4 Å². The molecule has 0 radical (unpaired) electrons. The highest BCUT2D eigenvalue weighted by atomic mass is 16.7. The Labute approximate surface area is 156 Å². The van der Waals surface area contributed by atoms with Gasteiger partial charge in [0.1, 0.15) is 18.1 Å². The van der Waals surface area contributed by atoms with E-state index in [0.29, 0.717) is 36.0 Å². The Morgan fingerprint density at radius 3 is 2.52 bits per heavy atom. The van der Waals surface area contributed by atoms with Gasteiger partial charge in [-0.05, 0) is 42.5 Å². The van der Waals surface area contributed by atoms with Crippen molar-refractivity contribution in [1.82, 2.24) is 10.6 Å². The molecule has 0 atom stereocenters. The molecule has 0 unspecified atom stereocenters. The lowest BCUT2D eigenvalue weighted by atomic mass is 10.2. The number of benzene rings is 2. The minimum Gasteiger partial charge on any atom is -0.497 e. The molecule has 0 bridgehead atoms. The van der Waals surface area contributed by atoms with E-state index < -0.39 is 0 Å². The minimum absolute atomic E-state index is 0.129. The van der Waals surface area contributed by atoms with Crippen molar-refractivity contribution in [1.29, 1.82) is 0 Å². The molecule has 27 heavy (non-hydrogen) atoms. The van der Waals surface area contributed by atoms with E-state index in [2.05, 4.69) is 10.6 Å². The van der Waals surface area contributed by atoms with Crippen molar-refractivity contribution in [2.45, 2.75) is 0 Å². The highest BCUT2D eigenvalue weighted by molar-refractivity contribution is 5.97. The number of hydrogen-bond donors (Lipinski definition) is 2. The van der Waals surface area contributed by atoms with Gasteiger partial charge in [0.05, 0.1) is 20.2 Å². The average Bonchev–Trinajstić information content (AvgIpc) is 3.17. The number of hydrogen-bond acceptors (Lipinski definition) is 6. The van der Waals surface area contributed by atoms with E-state index in [9.17, 15) is 9.59 Å². The lowest BCUT2D eigenvalue weighted by molar-refractivity contribution is -0.120. The molecule has 1 heterocycles. The van der Waals surface area contributed by atoms with Crippen LogP contribution in [0.2, 0.25) is 0 Å². The monoisotopic (exact) mass is 372 g/mol. The number of nitrogens with one attached hydrogen (secondary N) is 2. The third-order valence-electron chi connectivity index (χ3n) is 3.80. The molecule has 0 spiro atoms. The number of carbonyl (C=O) groups excluding carboxylic acids is 2. The standard InChI is InChI=1S/C19H20N2O6/c1-24-14-3-5-15(6-4-14)25-9-8-20-18(22)11-21-19(23)13-2-7-16-17(10-13)27-12-26-16/h2-7,10H,8-9,11-12H2,1H3,(H,20,22)(H,21,23). The molecule has 2 aromatic rings. The maximum atomic E-state index is 12.1. The average molecular weight is 372 g/mol. The largest absolute Gasteiger partial charge is 0.497 e. The summed E-state index contributed by atoms with van der Waals surface area (Å²) >= 11 is 0. The van der Waals surface area contributed by atoms with E-state index in [-0.39, 0.29) is 25.2 Å². The number of amides is 2. The summed E-state index contributed by atoms with van der Waals surface area (Å²) in [4.78, 5) is 23.9. The van der Waals surface area contributed by atoms with E-state index in [1.165, 1.54) is 0 Å². The minimum atomic E-state index is -0.363. The van der Waals surface area contributed by atoms with Crippen molar-refractivity contribution in [2.75, 3.05) is 33.6 Å². The maximum Gasteiger partial charge on any atom is 0.251 e. The van der Waals surface area contributed by atoms with Crippen LogP contribution in [0.25, 0.3) is 0 Å². The number of methoxy groups -OCH3 is 1. The van der Waals surface area contributed by atoms with E-state index in [1.54, 1.807) is 49.6 Å². The van der Waals surface area contributed by atoms with Gasteiger partial charge in [-0.1, -0.05) is 0 Å². The van der Waals surface area contributed by atoms with Crippen LogP contribution in [0.1, 0.15) is 10.4 Å². The summed E-state index contributed by atoms with van der Waals surface area (Å²) in [5.41, 5.74) is 0.398. The van der Waals surface area contributed by atoms with Gasteiger partial charge in [0.2, 0.25) is 12.7 Å². The molecule has 2 aromatic carbocycles. The Balaban J connectivity index is 1.35. The second-order valence-corrected chi connectivity index (χ2v) is 5.62. The first kappa shape index (κ1) is 18.4. The second-order valence-electron chi connectivity index (χ2n) is 5.62. The molecule has 142 valence electrons. The topological polar surface area (TPSA) is 95.1 Å². The Hall–Kier alpha value is -3.42. The Morgan fingerprint density at radius 2 is 1.74 bits per heavy atom. The van der Waals surface area contributed by atoms with Gasteiger partial charge in [0.25, 0.3) is 5.91 Å². The molecule has 2 amide bonds. The van der Waals surface area contributed by atoms with Crippen LogP contribution in [0.4, 0.5) is 0 Å². The Bertz CT molecular complexity index is 806. The predicted molar refractivity (Wildman–Crippen MR) is 96.4 cm³/mol. The van der Waals surface area contributed by atoms with Crippen molar-refractivity contribution in [3.63, 3.8) is 0 Å². The number of carbonyl (C=O) groups is 2. The van der Waals surface area contributed by atoms with Crippen LogP contribution in [0.5, 0.6) is 23.0 Å². The third kappa shape index (κ3) is 5.04. The molecule has 1 aliphatic heterocycles. The number of fused-ring (bicyclic) bond motifs is 1. The Morgan fingerprint density at radius 1 is 1.00 bits per heavy atom. The van der Waals surface area contributed by atoms with Crippen LogP contribution < -0.4 is 29.6 Å². The zero-order valence-corrected chi connectivity index (χ0v) is 14.8. The third-order valence-corrected chi connectivity index (χ3v) is 3.80. The van der Waals surface area contributed by atoms with E-state index in [4.69, 9.17) is 18.9 Å². The fourth-order valence-corrected chi connectivity index (χ4v) is 2.39. The van der Waals surface area contributed by atoms with Crippen molar-refractivity contribution in [3.05, 3.63) is 48.0 Å². The summed E-state index contributed by atoms with van der Waals surface area (Å²) in [6, 6.07) is 12.0. The first-order valence-corrected chi connectivity index (χ1v) is 8.37. The fourth-order valence-electron chi connectivity index (χ4n) is 2.39. The maximum absolute atomic E-state index is 12.1. The summed E-state index contributed by atoms with van der Waals surface area (Å²) in [6.07, 6.45) is 0. The lowest BCUT2D eigenvalue weighted by Crippen LogP contribution is -2.38. The number of rotatable bonds is 8. The molecular formula is C19H20N2O6. The molecule has 0 aromatic heterocycles. The van der Waals surface area contributed by atoms with Crippen molar-refractivity contribution >= 4 is 11.8 Å². The van der Waals surface area contributed by atoms with Crippen molar-refractivity contribution < 1.29 is 28.5 Å². The van der Waals surface area contributed by atoms with Gasteiger partial charge >= 0.3 is 0 Å². The molecule has 2 N–H and O–H groups in total. The zero-order chi connectivity index (χ0) is 19.1. The summed E-state index contributed by atoms with van der Waals surface area (Å²) in [7, 11) is 1.59. The normalized spacial score (nSPS) is 11.6. The molecule has 0 aliphatic carbocycles. The molecule has 3 rings (SSSR count). The molecule has 0 fully saturated rings. The molecule has 8 nitrogen and oxygen atoms in total. The second kappa shape index (κ2) is 8.79. The van der Waals surface area contributed by atoms with Gasteiger partial charge in [-0.2, -0.15) is 0 Å². The van der Waals surface area contributed by atoms with Gasteiger partial charge in [-0.25, -0.2) is 0 Å². The summed E-state index contributed by atoms with van der Waals surface area (Å²) < 4.78 is 21.0. The summed E-state index contributed by atoms with van der Waals surface area (Å²) in [6.45, 7) is 0.649. The van der Waals surface area contributed by atoms with Crippen molar-refractivity contribution in [3.8, 4) is 23.0 Å². The summed E-state index contributed by atoms with van der Waals surface area (Å²) in [5, 5.41) is 5.24. The van der Waals surface area contributed by atoms with Crippen LogP contribution in [0, 0.1) is 0 Å². The SMILES string of the molecule is COc1ccc(OCCNC(=O)CNC(=O)c2ccc3c(c2)OCO3)cc1. The summed E-state index contributed by atoms with van der Waals surface area (Å²) in [5.74, 6) is 1.87. The van der Waals surface area contributed by atoms with Gasteiger partial charge in [-0.15, -0.1) is 0 Å². The molecule has 0 saturated carbocycles. The predicted octanol–water partition coefficient (Wildman–Crippen LogP) is 1.35.